The van der Waals surface area contributed by atoms with Crippen LogP contribution in [0.1, 0.15) is 65.2 Å². The maximum Gasteiger partial charge on any atom is 0.410 e. The molecule has 3 saturated carbocycles. The zero-order chi connectivity index (χ0) is 25.8. The van der Waals surface area contributed by atoms with Gasteiger partial charge in [-0.25, -0.2) is 9.80 Å². The van der Waals surface area contributed by atoms with Crippen LogP contribution in [0.5, 0.6) is 0 Å². The maximum atomic E-state index is 13.9. The summed E-state index contributed by atoms with van der Waals surface area (Å²) in [6.07, 6.45) is 7.66. The van der Waals surface area contributed by atoms with Crippen molar-refractivity contribution >= 4 is 35.2 Å². The topological polar surface area (TPSA) is 77.2 Å². The number of carbonyl (C=O) groups excluding carboxylic acids is 2. The number of nitrogens with zero attached hydrogens (tertiary/aromatic N) is 3. The molecule has 0 bridgehead atoms. The van der Waals surface area contributed by atoms with Crippen molar-refractivity contribution in [2.45, 2.75) is 112 Å². The number of alkyl halides is 2. The van der Waals surface area contributed by atoms with Gasteiger partial charge < -0.3 is 19.9 Å². The van der Waals surface area contributed by atoms with Crippen LogP contribution in [0.25, 0.3) is 0 Å². The summed E-state index contributed by atoms with van der Waals surface area (Å²) < 4.78 is 6.28. The predicted octanol–water partition coefficient (Wildman–Crippen LogP) is 3.17. The molecule has 0 radical (unpaired) electrons. The molecule has 3 aliphatic carbocycles. The van der Waals surface area contributed by atoms with Gasteiger partial charge in [0.05, 0.1) is 17.5 Å². The highest BCUT2D eigenvalue weighted by atomic mass is 35.5. The number of rotatable bonds is 3. The molecule has 8 nitrogen and oxygen atoms in total. The largest absolute Gasteiger partial charge is 0.443 e. The number of carbonyl (C=O) groups is 2. The Morgan fingerprint density at radius 2 is 1.76 bits per heavy atom. The fraction of sp³-hybridized carbons (Fsp3) is 0.926. The first-order chi connectivity index (χ1) is 17.8. The molecule has 0 aromatic rings. The van der Waals surface area contributed by atoms with Gasteiger partial charge in [0.1, 0.15) is 6.10 Å². The molecule has 2 amide bonds. The monoisotopic (exact) mass is 555 g/mol. The number of ether oxygens (including phenoxy) is 1. The van der Waals surface area contributed by atoms with E-state index in [-0.39, 0.29) is 58.9 Å². The molecule has 0 spiro atoms. The number of amides is 2. The third kappa shape index (κ3) is 5.10. The van der Waals surface area contributed by atoms with E-state index in [1.807, 2.05) is 9.80 Å². The molecule has 37 heavy (non-hydrogen) atoms. The number of piperidine rings is 1. The first kappa shape index (κ1) is 26.4. The quantitative estimate of drug-likeness (QED) is 0.521. The second kappa shape index (κ2) is 10.6. The third-order valence-electron chi connectivity index (χ3n) is 10.2. The average Bonchev–Trinajstić information content (AvgIpc) is 3.61. The normalized spacial score (nSPS) is 44.8. The lowest BCUT2D eigenvalue weighted by Crippen LogP contribution is -2.68. The van der Waals surface area contributed by atoms with E-state index in [1.165, 1.54) is 12.8 Å². The highest BCUT2D eigenvalue weighted by molar-refractivity contribution is 6.24. The fourth-order valence-electron chi connectivity index (χ4n) is 8.22. The lowest BCUT2D eigenvalue weighted by Gasteiger charge is -2.54. The molecule has 0 aromatic carbocycles. The van der Waals surface area contributed by atoms with E-state index in [1.54, 1.807) is 6.92 Å². The van der Waals surface area contributed by atoms with Crippen LogP contribution in [0.4, 0.5) is 4.79 Å². The molecule has 6 rings (SSSR count). The van der Waals surface area contributed by atoms with Gasteiger partial charge in [-0.1, -0.05) is 0 Å². The molecule has 3 saturated heterocycles. The zero-order valence-corrected chi connectivity index (χ0v) is 23.7. The molecule has 2 N–H and O–H groups in total. The second-order valence-electron chi connectivity index (χ2n) is 12.5. The summed E-state index contributed by atoms with van der Waals surface area (Å²) in [7, 11) is 0. The lowest BCUT2D eigenvalue weighted by molar-refractivity contribution is -0.143. The summed E-state index contributed by atoms with van der Waals surface area (Å²) in [6.45, 7) is 7.23. The van der Waals surface area contributed by atoms with Crippen LogP contribution >= 0.6 is 23.2 Å². The number of hydrazine groups is 1. The van der Waals surface area contributed by atoms with Crippen molar-refractivity contribution in [2.24, 2.45) is 17.8 Å². The number of hydrogen-bond acceptors (Lipinski definition) is 6. The van der Waals surface area contributed by atoms with Crippen molar-refractivity contribution in [3.8, 4) is 0 Å². The van der Waals surface area contributed by atoms with Gasteiger partial charge in [-0.2, -0.15) is 0 Å². The van der Waals surface area contributed by atoms with Crippen LogP contribution < -0.4 is 10.7 Å². The predicted molar refractivity (Wildman–Crippen MR) is 144 cm³/mol. The Hall–Kier alpha value is -0.800. The van der Waals surface area contributed by atoms with Crippen LogP contribution in [0.15, 0.2) is 0 Å². The van der Waals surface area contributed by atoms with E-state index in [4.69, 9.17) is 27.9 Å². The number of hydrogen-bond donors (Lipinski definition) is 2. The summed E-state index contributed by atoms with van der Waals surface area (Å²) in [5, 5.41) is 5.70. The van der Waals surface area contributed by atoms with E-state index in [0.717, 1.165) is 51.7 Å². The van der Waals surface area contributed by atoms with Crippen LogP contribution in [0.3, 0.4) is 0 Å². The van der Waals surface area contributed by atoms with Crippen LogP contribution in [0.2, 0.25) is 0 Å². The van der Waals surface area contributed by atoms with Crippen molar-refractivity contribution < 1.29 is 14.3 Å². The summed E-state index contributed by atoms with van der Waals surface area (Å²) >= 11 is 13.5. The summed E-state index contributed by atoms with van der Waals surface area (Å²) in [6, 6.07) is 0.701. The van der Waals surface area contributed by atoms with Crippen molar-refractivity contribution in [2.75, 3.05) is 26.2 Å². The van der Waals surface area contributed by atoms with Gasteiger partial charge in [0.25, 0.3) is 0 Å². The average molecular weight is 557 g/mol. The van der Waals surface area contributed by atoms with Crippen molar-refractivity contribution in [1.29, 1.82) is 0 Å². The minimum absolute atomic E-state index is 0.000235. The van der Waals surface area contributed by atoms with E-state index in [0.29, 0.717) is 30.8 Å². The zero-order valence-electron chi connectivity index (χ0n) is 22.2. The molecule has 9 unspecified atom stereocenters. The molecule has 0 aromatic heterocycles. The van der Waals surface area contributed by atoms with Crippen molar-refractivity contribution in [3.05, 3.63) is 0 Å². The maximum absolute atomic E-state index is 13.9. The molecule has 10 heteroatoms. The van der Waals surface area contributed by atoms with E-state index >= 15 is 0 Å². The minimum Gasteiger partial charge on any atom is -0.443 e. The standard InChI is InChI=1S/C27H43Cl2N5O3/c1-15-13-32(27(36)37-26-22(29)11-21(28)20-4-3-9-30-25(20)26)24-10-17(5-8-23(24)34(15)16(2)35)18-12-31-33(14-18)19-6-7-19/h15,17-26,30-31H,3-14H2,1-2H3/t15-,17?,18?,20?,21?,22?,23?,24?,25?,26?/m0/s1. The third-order valence-corrected chi connectivity index (χ3v) is 11.1. The number of fused-ring (bicyclic) bond motifs is 2. The number of halogens is 2. The van der Waals surface area contributed by atoms with Crippen LogP contribution in [-0.4, -0.2) is 100 Å². The number of nitrogens with one attached hydrogen (secondary N) is 2. The van der Waals surface area contributed by atoms with E-state index in [2.05, 4.69) is 22.7 Å². The Morgan fingerprint density at radius 3 is 2.51 bits per heavy atom. The second-order valence-corrected chi connectivity index (χ2v) is 13.7. The smallest absolute Gasteiger partial charge is 0.410 e. The van der Waals surface area contributed by atoms with E-state index < -0.39 is 0 Å². The number of piperazine rings is 1. The van der Waals surface area contributed by atoms with Gasteiger partial charge >= 0.3 is 6.09 Å². The van der Waals surface area contributed by atoms with Gasteiger partial charge in [-0.3, -0.25) is 10.2 Å². The van der Waals surface area contributed by atoms with Crippen molar-refractivity contribution in [3.63, 3.8) is 0 Å². The lowest BCUT2D eigenvalue weighted by atomic mass is 9.73. The van der Waals surface area contributed by atoms with Gasteiger partial charge in [0, 0.05) is 50.1 Å². The minimum atomic E-state index is -0.389. The van der Waals surface area contributed by atoms with Gasteiger partial charge in [-0.15, -0.1) is 23.2 Å². The first-order valence-corrected chi connectivity index (χ1v) is 15.5. The van der Waals surface area contributed by atoms with Gasteiger partial charge in [0.15, 0.2) is 0 Å². The molecule has 10 atom stereocenters. The highest BCUT2D eigenvalue weighted by Crippen LogP contribution is 2.42. The molecule has 6 fully saturated rings. The first-order valence-electron chi connectivity index (χ1n) is 14.6. The van der Waals surface area contributed by atoms with Crippen LogP contribution in [-0.2, 0) is 9.53 Å². The van der Waals surface area contributed by atoms with Crippen LogP contribution in [0, 0.1) is 17.8 Å². The Kier molecular flexibility index (Phi) is 7.60. The van der Waals surface area contributed by atoms with Gasteiger partial charge in [0.2, 0.25) is 5.91 Å². The molecule has 3 aliphatic heterocycles. The summed E-state index contributed by atoms with van der Waals surface area (Å²) in [5.41, 5.74) is 3.63. The Labute approximate surface area is 231 Å². The summed E-state index contributed by atoms with van der Waals surface area (Å²) in [4.78, 5) is 30.6. The van der Waals surface area contributed by atoms with Gasteiger partial charge in [-0.05, 0) is 82.6 Å². The van der Waals surface area contributed by atoms with Crippen molar-refractivity contribution in [1.82, 2.24) is 25.6 Å². The molecular formula is C27H43Cl2N5O3. The molecule has 3 heterocycles. The molecule has 208 valence electrons. The molecule has 6 aliphatic rings. The highest BCUT2D eigenvalue weighted by Gasteiger charge is 2.51. The molecular weight excluding hydrogens is 513 g/mol. The Bertz CT molecular complexity index is 877. The fourth-order valence-corrected chi connectivity index (χ4v) is 9.18. The Morgan fingerprint density at radius 1 is 0.946 bits per heavy atom. The summed E-state index contributed by atoms with van der Waals surface area (Å²) in [5.74, 6) is 1.49. The Balaban J connectivity index is 1.19. The van der Waals surface area contributed by atoms with E-state index in [9.17, 15) is 9.59 Å². The SMILES string of the molecule is CC(=O)N1C2CCC(C3CNN(C4CC4)C3)CC2N(C(=O)OC2C(Cl)CC(Cl)C3CCCNC32)C[C@@H]1C.